The molecule has 1 saturated carbocycles. The highest BCUT2D eigenvalue weighted by Gasteiger charge is 2.58. The van der Waals surface area contributed by atoms with Gasteiger partial charge in [0.25, 0.3) is 0 Å². The topological polar surface area (TPSA) is 87.1 Å². The van der Waals surface area contributed by atoms with Crippen LogP contribution in [0, 0.1) is 5.41 Å². The van der Waals surface area contributed by atoms with E-state index >= 15 is 0 Å². The minimum atomic E-state index is -4.63. The molecule has 1 amide bonds. The van der Waals surface area contributed by atoms with Crippen molar-refractivity contribution in [1.29, 1.82) is 0 Å². The van der Waals surface area contributed by atoms with Crippen LogP contribution < -0.4 is 4.74 Å². The van der Waals surface area contributed by atoms with Crippen LogP contribution in [0.25, 0.3) is 10.8 Å². The molecule has 2 N–H and O–H groups in total. The molecule has 3 aliphatic carbocycles. The number of amides is 1. The van der Waals surface area contributed by atoms with E-state index in [1.807, 2.05) is 92.7 Å². The zero-order valence-electron chi connectivity index (χ0n) is 32.3. The summed E-state index contributed by atoms with van der Waals surface area (Å²) in [6, 6.07) is 32.6. The molecule has 1 fully saturated rings. The van der Waals surface area contributed by atoms with E-state index in [1.54, 1.807) is 17.0 Å². The third-order valence-corrected chi connectivity index (χ3v) is 12.2. The van der Waals surface area contributed by atoms with Crippen LogP contribution in [0.1, 0.15) is 96.5 Å². The number of ketones is 1. The predicted molar refractivity (Wildman–Crippen MR) is 215 cm³/mol. The zero-order chi connectivity index (χ0) is 40.4. The minimum absolute atomic E-state index is 0.0643. The molecule has 4 atom stereocenters. The molecule has 4 unspecified atom stereocenters. The molecule has 296 valence electrons. The Morgan fingerprint density at radius 3 is 2.39 bits per heavy atom. The maximum atomic E-state index is 14.4. The molecule has 3 aliphatic rings. The average Bonchev–Trinajstić information content (AvgIpc) is 3.44. The van der Waals surface area contributed by atoms with Gasteiger partial charge in [0.2, 0.25) is 0 Å². The molecule has 8 rings (SSSR count). The number of aliphatic hydroxyl groups excluding tert-OH is 1. The number of alkyl halides is 3. The van der Waals surface area contributed by atoms with Crippen molar-refractivity contribution in [3.05, 3.63) is 160 Å². The van der Waals surface area contributed by atoms with Crippen molar-refractivity contribution in [3.8, 4) is 5.75 Å². The highest BCUT2D eigenvalue weighted by molar-refractivity contribution is 6.10. The Morgan fingerprint density at radius 1 is 0.860 bits per heavy atom. The first-order valence-electron chi connectivity index (χ1n) is 19.6. The third kappa shape index (κ3) is 8.70. The number of carbonyl (C=O) groups is 2. The Bertz CT molecular complexity index is 2290. The predicted octanol–water partition coefficient (Wildman–Crippen LogP) is 10.8. The van der Waals surface area contributed by atoms with Crippen molar-refractivity contribution in [1.82, 2.24) is 4.90 Å². The second kappa shape index (κ2) is 16.3. The second-order valence-electron chi connectivity index (χ2n) is 16.1. The first-order valence-corrected chi connectivity index (χ1v) is 19.6. The maximum Gasteiger partial charge on any atom is 0.416 e. The number of benzene rings is 5. The van der Waals surface area contributed by atoms with Crippen LogP contribution in [0.15, 0.2) is 127 Å². The van der Waals surface area contributed by atoms with Crippen molar-refractivity contribution < 1.29 is 37.7 Å². The van der Waals surface area contributed by atoms with E-state index in [9.17, 15) is 33.0 Å². The number of carbonyl (C=O) groups excluding carboxylic acids is 2. The van der Waals surface area contributed by atoms with Gasteiger partial charge in [-0.25, -0.2) is 4.79 Å². The number of allylic oxidation sites excluding steroid dienone is 2. The van der Waals surface area contributed by atoms with E-state index in [0.717, 1.165) is 34.0 Å². The highest BCUT2D eigenvalue weighted by atomic mass is 19.4. The van der Waals surface area contributed by atoms with Gasteiger partial charge in [-0.2, -0.15) is 13.2 Å². The fourth-order valence-electron chi connectivity index (χ4n) is 8.89. The van der Waals surface area contributed by atoms with Crippen molar-refractivity contribution in [2.45, 2.75) is 89.1 Å². The number of nitrogens with zero attached hydrogens (tertiary/aromatic N) is 1. The van der Waals surface area contributed by atoms with Crippen LogP contribution in [0.2, 0.25) is 0 Å². The van der Waals surface area contributed by atoms with Crippen LogP contribution in [0.4, 0.5) is 18.0 Å². The summed E-state index contributed by atoms with van der Waals surface area (Å²) in [7, 11) is 0. The summed E-state index contributed by atoms with van der Waals surface area (Å²) in [6.45, 7) is 4.14. The van der Waals surface area contributed by atoms with E-state index in [0.29, 0.717) is 55.4 Å². The maximum absolute atomic E-state index is 14.4. The van der Waals surface area contributed by atoms with Crippen molar-refractivity contribution in [2.75, 3.05) is 6.54 Å². The Balaban J connectivity index is 1.29. The molecule has 57 heavy (non-hydrogen) atoms. The van der Waals surface area contributed by atoms with Gasteiger partial charge in [0.1, 0.15) is 5.75 Å². The molecule has 9 heteroatoms. The van der Waals surface area contributed by atoms with Crippen LogP contribution >= 0.6 is 0 Å². The van der Waals surface area contributed by atoms with Gasteiger partial charge >= 0.3 is 12.3 Å². The van der Waals surface area contributed by atoms with Crippen molar-refractivity contribution >= 4 is 22.6 Å². The van der Waals surface area contributed by atoms with E-state index in [1.165, 1.54) is 12.1 Å². The Morgan fingerprint density at radius 2 is 1.61 bits per heavy atom. The van der Waals surface area contributed by atoms with Crippen molar-refractivity contribution in [3.63, 3.8) is 0 Å². The number of halogens is 3. The molecular weight excluding hydrogens is 728 g/mol. The van der Waals surface area contributed by atoms with Crippen LogP contribution in [0.5, 0.6) is 5.75 Å². The molecule has 2 bridgehead atoms. The van der Waals surface area contributed by atoms with Gasteiger partial charge < -0.3 is 19.8 Å². The summed E-state index contributed by atoms with van der Waals surface area (Å²) in [5.41, 5.74) is 0.166. The van der Waals surface area contributed by atoms with Crippen LogP contribution in [0.3, 0.4) is 0 Å². The monoisotopic (exact) mass is 775 g/mol. The van der Waals surface area contributed by atoms with E-state index in [4.69, 9.17) is 4.74 Å². The largest absolute Gasteiger partial charge is 0.416 e. The SMILES string of the molecule is CC1=CCCC2(C)C(CCC2(O)CN(Cc2ccccc2)C(=O)Oc2ccc3ccccc3c2)c2ccc(cc2C(=O)c2cccc(C(F)(F)F)c2)CC(O)CC1. The molecule has 0 heterocycles. The Labute approximate surface area is 331 Å². The van der Waals surface area contributed by atoms with Gasteiger partial charge in [-0.3, -0.25) is 4.79 Å². The summed E-state index contributed by atoms with van der Waals surface area (Å²) in [4.78, 5) is 30.2. The number of rotatable bonds is 7. The highest BCUT2D eigenvalue weighted by Crippen LogP contribution is 2.59. The smallest absolute Gasteiger partial charge is 0.410 e. The lowest BCUT2D eigenvalue weighted by Gasteiger charge is -2.46. The molecule has 5 aromatic rings. The molecule has 0 aliphatic heterocycles. The first-order chi connectivity index (χ1) is 27.2. The summed E-state index contributed by atoms with van der Waals surface area (Å²) in [5, 5.41) is 26.0. The summed E-state index contributed by atoms with van der Waals surface area (Å²) >= 11 is 0. The number of ether oxygens (including phenoxy) is 1. The molecule has 5 aromatic carbocycles. The molecule has 6 nitrogen and oxygen atoms in total. The molecule has 0 radical (unpaired) electrons. The number of aliphatic hydroxyl groups is 2. The third-order valence-electron chi connectivity index (χ3n) is 12.2. The van der Waals surface area contributed by atoms with Gasteiger partial charge in [-0.1, -0.05) is 104 Å². The molecule has 0 spiro atoms. The molecule has 0 saturated heterocycles. The second-order valence-corrected chi connectivity index (χ2v) is 16.1. The Hall–Kier alpha value is -5.25. The lowest BCUT2D eigenvalue weighted by molar-refractivity contribution is -0.137. The fourth-order valence-corrected chi connectivity index (χ4v) is 8.89. The standard InChI is InChI=1S/C48H48F3NO5/c1-32-10-9-24-46(2)43(41-22-18-34(26-39(53)20-17-32)27-42(41)44(54)37-15-8-16-38(28-37)48(49,50)51)23-25-47(46,56)31-52(30-33-11-4-3-5-12-33)45(55)57-40-21-19-35-13-6-7-14-36(35)29-40/h3-8,10-16,18-19,21-22,27-29,39,43,53,56H,9,17,20,23-26,30-31H2,1-2H3. The summed E-state index contributed by atoms with van der Waals surface area (Å²) in [5.74, 6) is -0.587. The van der Waals surface area contributed by atoms with E-state index in [2.05, 4.69) is 6.08 Å². The van der Waals surface area contributed by atoms with Gasteiger partial charge in [0, 0.05) is 23.1 Å². The normalized spacial score (nSPS) is 22.7. The van der Waals surface area contributed by atoms with Crippen LogP contribution in [-0.2, 0) is 19.1 Å². The lowest BCUT2D eigenvalue weighted by atomic mass is 9.64. The molecular formula is C48H48F3NO5. The number of hydrogen-bond acceptors (Lipinski definition) is 5. The number of fused-ring (bicyclic) bond motifs is 9. The van der Waals surface area contributed by atoms with E-state index < -0.39 is 46.7 Å². The summed E-state index contributed by atoms with van der Waals surface area (Å²) in [6.07, 6.45) is -0.529. The van der Waals surface area contributed by atoms with Crippen LogP contribution in [-0.4, -0.2) is 45.2 Å². The zero-order valence-corrected chi connectivity index (χ0v) is 32.3. The Kier molecular flexibility index (Phi) is 11.4. The van der Waals surface area contributed by atoms with Gasteiger partial charge in [-0.15, -0.1) is 0 Å². The van der Waals surface area contributed by atoms with Crippen molar-refractivity contribution in [2.24, 2.45) is 5.41 Å². The first kappa shape index (κ1) is 40.0. The van der Waals surface area contributed by atoms with Gasteiger partial charge in [0.15, 0.2) is 5.78 Å². The minimum Gasteiger partial charge on any atom is -0.410 e. The average molecular weight is 776 g/mol. The van der Waals surface area contributed by atoms with Gasteiger partial charge in [0.05, 0.1) is 23.8 Å². The summed E-state index contributed by atoms with van der Waals surface area (Å²) < 4.78 is 47.5. The van der Waals surface area contributed by atoms with E-state index in [-0.39, 0.29) is 30.6 Å². The number of hydrogen-bond donors (Lipinski definition) is 2. The lowest BCUT2D eigenvalue weighted by Crippen LogP contribution is -2.54. The fraction of sp³-hybridized carbons (Fsp3) is 0.333. The quantitative estimate of drug-likeness (QED) is 0.127. The van der Waals surface area contributed by atoms with Gasteiger partial charge in [-0.05, 0) is 116 Å². The molecule has 0 aromatic heterocycles.